The Labute approximate surface area is 130 Å². The van der Waals surface area contributed by atoms with Gasteiger partial charge in [-0.1, -0.05) is 32.0 Å². The first-order valence-corrected chi connectivity index (χ1v) is 7.68. The smallest absolute Gasteiger partial charge is 0.308 e. The normalized spacial score (nSPS) is 18.2. The minimum Gasteiger partial charge on any atom is -0.492 e. The topological polar surface area (TPSA) is 75.6 Å². The lowest BCUT2D eigenvalue weighted by Gasteiger charge is -2.25. The van der Waals surface area contributed by atoms with E-state index in [1.165, 1.54) is 0 Å². The third-order valence-corrected chi connectivity index (χ3v) is 3.88. The minimum absolute atomic E-state index is 0.135. The van der Waals surface area contributed by atoms with Crippen LogP contribution in [0.5, 0.6) is 5.75 Å². The number of rotatable bonds is 6. The summed E-state index contributed by atoms with van der Waals surface area (Å²) in [6.07, 6.45) is 1.18. The van der Waals surface area contributed by atoms with Crippen LogP contribution in [0.2, 0.25) is 0 Å². The van der Waals surface area contributed by atoms with Crippen LogP contribution in [-0.2, 0) is 16.0 Å². The average molecular weight is 305 g/mol. The molecule has 5 nitrogen and oxygen atoms in total. The van der Waals surface area contributed by atoms with Crippen molar-refractivity contribution in [3.05, 3.63) is 29.8 Å². The molecule has 0 saturated heterocycles. The summed E-state index contributed by atoms with van der Waals surface area (Å²) in [5.41, 5.74) is 1.02. The van der Waals surface area contributed by atoms with Gasteiger partial charge in [-0.05, 0) is 30.4 Å². The molecule has 2 atom stereocenters. The predicted molar refractivity (Wildman–Crippen MR) is 82.7 cm³/mol. The highest BCUT2D eigenvalue weighted by Crippen LogP contribution is 2.26. The van der Waals surface area contributed by atoms with E-state index in [9.17, 15) is 14.7 Å². The van der Waals surface area contributed by atoms with Gasteiger partial charge in [0, 0.05) is 6.54 Å². The number of fused-ring (bicyclic) bond motifs is 1. The van der Waals surface area contributed by atoms with Crippen molar-refractivity contribution >= 4 is 11.9 Å². The van der Waals surface area contributed by atoms with Gasteiger partial charge in [0.05, 0.1) is 11.8 Å². The number of hydrogen-bond acceptors (Lipinski definition) is 3. The summed E-state index contributed by atoms with van der Waals surface area (Å²) in [7, 11) is 0. The molecule has 2 unspecified atom stereocenters. The Morgan fingerprint density at radius 3 is 2.77 bits per heavy atom. The Hall–Kier alpha value is -2.04. The van der Waals surface area contributed by atoms with Gasteiger partial charge in [0.1, 0.15) is 12.4 Å². The van der Waals surface area contributed by atoms with Gasteiger partial charge in [-0.3, -0.25) is 9.59 Å². The molecule has 1 aromatic rings. The molecular weight excluding hydrogens is 282 g/mol. The van der Waals surface area contributed by atoms with Crippen LogP contribution < -0.4 is 10.1 Å². The van der Waals surface area contributed by atoms with Crippen LogP contribution in [0, 0.1) is 17.8 Å². The first-order chi connectivity index (χ1) is 10.5. The number of amides is 1. The van der Waals surface area contributed by atoms with Crippen LogP contribution >= 0.6 is 0 Å². The van der Waals surface area contributed by atoms with Gasteiger partial charge in [-0.2, -0.15) is 0 Å². The van der Waals surface area contributed by atoms with Crippen molar-refractivity contribution in [2.45, 2.75) is 26.7 Å². The number of para-hydroxylation sites is 1. The van der Waals surface area contributed by atoms with Gasteiger partial charge >= 0.3 is 5.97 Å². The second-order valence-electron chi connectivity index (χ2n) is 6.23. The van der Waals surface area contributed by atoms with E-state index in [1.54, 1.807) is 0 Å². The van der Waals surface area contributed by atoms with Crippen LogP contribution in [0.4, 0.5) is 0 Å². The molecule has 1 amide bonds. The fourth-order valence-electron chi connectivity index (χ4n) is 2.71. The molecule has 0 radical (unpaired) electrons. The van der Waals surface area contributed by atoms with Crippen LogP contribution in [0.3, 0.4) is 0 Å². The first kappa shape index (κ1) is 16.3. The van der Waals surface area contributed by atoms with Gasteiger partial charge in [0.25, 0.3) is 0 Å². The number of carbonyl (C=O) groups excluding carboxylic acids is 1. The molecular formula is C17H23NO4. The zero-order chi connectivity index (χ0) is 16.1. The third-order valence-electron chi connectivity index (χ3n) is 3.88. The van der Waals surface area contributed by atoms with Gasteiger partial charge in [-0.15, -0.1) is 0 Å². The van der Waals surface area contributed by atoms with Crippen molar-refractivity contribution in [1.29, 1.82) is 0 Å². The number of carboxylic acid groups (broad SMARTS) is 1. The molecule has 22 heavy (non-hydrogen) atoms. The van der Waals surface area contributed by atoms with E-state index in [2.05, 4.69) is 5.32 Å². The molecule has 1 aliphatic rings. The summed E-state index contributed by atoms with van der Waals surface area (Å²) >= 11 is 0. The Kier molecular flexibility index (Phi) is 5.41. The lowest BCUT2D eigenvalue weighted by molar-refractivity contribution is -0.142. The second-order valence-corrected chi connectivity index (χ2v) is 6.23. The monoisotopic (exact) mass is 305 g/mol. The largest absolute Gasteiger partial charge is 0.492 e. The quantitative estimate of drug-likeness (QED) is 0.844. The van der Waals surface area contributed by atoms with Crippen molar-refractivity contribution in [2.24, 2.45) is 17.8 Å². The fourth-order valence-corrected chi connectivity index (χ4v) is 2.71. The second kappa shape index (κ2) is 7.29. The van der Waals surface area contributed by atoms with Gasteiger partial charge in [0.15, 0.2) is 0 Å². The fraction of sp³-hybridized carbons (Fsp3) is 0.529. The van der Waals surface area contributed by atoms with E-state index in [-0.39, 0.29) is 24.3 Å². The lowest BCUT2D eigenvalue weighted by atomic mass is 9.94. The summed E-state index contributed by atoms with van der Waals surface area (Å²) in [4.78, 5) is 23.4. The summed E-state index contributed by atoms with van der Waals surface area (Å²) in [5, 5.41) is 12.0. The summed E-state index contributed by atoms with van der Waals surface area (Å²) in [6.45, 7) is 4.46. The standard InChI is InChI=1S/C17H23NO4/c1-11(2)7-13(17(20)21)9-18-16(19)14-8-12-5-3-4-6-15(12)22-10-14/h3-6,11,13-14H,7-10H2,1-2H3,(H,18,19)(H,20,21). The highest BCUT2D eigenvalue weighted by molar-refractivity contribution is 5.80. The number of ether oxygens (including phenoxy) is 1. The number of carbonyl (C=O) groups is 2. The zero-order valence-electron chi connectivity index (χ0n) is 13.0. The molecule has 0 aromatic heterocycles. The minimum atomic E-state index is -0.862. The summed E-state index contributed by atoms with van der Waals surface area (Å²) in [5.74, 6) is -0.689. The molecule has 1 aliphatic heterocycles. The lowest BCUT2D eigenvalue weighted by Crippen LogP contribution is -2.41. The summed E-state index contributed by atoms with van der Waals surface area (Å²) < 4.78 is 5.60. The summed E-state index contributed by atoms with van der Waals surface area (Å²) in [6, 6.07) is 7.67. The first-order valence-electron chi connectivity index (χ1n) is 7.68. The number of hydrogen-bond donors (Lipinski definition) is 2. The Morgan fingerprint density at radius 1 is 1.36 bits per heavy atom. The average Bonchev–Trinajstić information content (AvgIpc) is 2.50. The van der Waals surface area contributed by atoms with Crippen molar-refractivity contribution < 1.29 is 19.4 Å². The molecule has 2 N–H and O–H groups in total. The highest BCUT2D eigenvalue weighted by atomic mass is 16.5. The maximum absolute atomic E-state index is 12.2. The molecule has 5 heteroatoms. The maximum Gasteiger partial charge on any atom is 0.308 e. The molecule has 0 saturated carbocycles. The predicted octanol–water partition coefficient (Wildman–Crippen LogP) is 2.10. The van der Waals surface area contributed by atoms with E-state index in [0.29, 0.717) is 19.4 Å². The van der Waals surface area contributed by atoms with Gasteiger partial charge < -0.3 is 15.2 Å². The highest BCUT2D eigenvalue weighted by Gasteiger charge is 2.27. The number of nitrogens with one attached hydrogen (secondary N) is 1. The molecule has 1 aromatic carbocycles. The molecule has 1 heterocycles. The van der Waals surface area contributed by atoms with Crippen LogP contribution in [0.25, 0.3) is 0 Å². The number of benzene rings is 1. The van der Waals surface area contributed by atoms with E-state index in [0.717, 1.165) is 11.3 Å². The Balaban J connectivity index is 1.89. The van der Waals surface area contributed by atoms with Crippen molar-refractivity contribution in [3.63, 3.8) is 0 Å². The van der Waals surface area contributed by atoms with E-state index >= 15 is 0 Å². The molecule has 0 fully saturated rings. The third kappa shape index (κ3) is 4.23. The maximum atomic E-state index is 12.2. The number of aliphatic carboxylic acids is 1. The van der Waals surface area contributed by atoms with E-state index < -0.39 is 11.9 Å². The van der Waals surface area contributed by atoms with Crippen molar-refractivity contribution in [3.8, 4) is 5.75 Å². The van der Waals surface area contributed by atoms with E-state index in [1.807, 2.05) is 38.1 Å². The molecule has 0 spiro atoms. The van der Waals surface area contributed by atoms with E-state index in [4.69, 9.17) is 4.74 Å². The zero-order valence-corrected chi connectivity index (χ0v) is 13.0. The van der Waals surface area contributed by atoms with Gasteiger partial charge in [-0.25, -0.2) is 0 Å². The van der Waals surface area contributed by atoms with Crippen LogP contribution in [0.15, 0.2) is 24.3 Å². The van der Waals surface area contributed by atoms with Crippen LogP contribution in [-0.4, -0.2) is 30.1 Å². The van der Waals surface area contributed by atoms with Crippen molar-refractivity contribution in [1.82, 2.24) is 5.32 Å². The molecule has 0 bridgehead atoms. The van der Waals surface area contributed by atoms with Crippen molar-refractivity contribution in [2.75, 3.05) is 13.2 Å². The Bertz CT molecular complexity index is 541. The molecule has 0 aliphatic carbocycles. The SMILES string of the molecule is CC(C)CC(CNC(=O)C1COc2ccccc2C1)C(=O)O. The molecule has 2 rings (SSSR count). The molecule has 120 valence electrons. The van der Waals surface area contributed by atoms with Crippen LogP contribution in [0.1, 0.15) is 25.8 Å². The number of carboxylic acids is 1. The van der Waals surface area contributed by atoms with Gasteiger partial charge in [0.2, 0.25) is 5.91 Å². The Morgan fingerprint density at radius 2 is 2.09 bits per heavy atom.